The van der Waals surface area contributed by atoms with E-state index in [1.54, 1.807) is 6.07 Å². The maximum atomic E-state index is 11.4. The van der Waals surface area contributed by atoms with Crippen molar-refractivity contribution in [1.82, 2.24) is 5.32 Å². The second kappa shape index (κ2) is 6.12. The van der Waals surface area contributed by atoms with Gasteiger partial charge in [-0.05, 0) is 37.2 Å². The van der Waals surface area contributed by atoms with Gasteiger partial charge in [0.1, 0.15) is 5.78 Å². The van der Waals surface area contributed by atoms with E-state index in [2.05, 4.69) is 5.32 Å². The number of anilines is 2. The van der Waals surface area contributed by atoms with Crippen LogP contribution < -0.4 is 16.8 Å². The van der Waals surface area contributed by atoms with Crippen LogP contribution in [0.2, 0.25) is 0 Å². The molecule has 4 heteroatoms. The zero-order valence-electron chi connectivity index (χ0n) is 9.62. The minimum absolute atomic E-state index is 0.260. The number of nitrogens with one attached hydrogen (secondary N) is 1. The molecule has 88 valence electrons. The Labute approximate surface area is 96.0 Å². The molecule has 0 amide bonds. The monoisotopic (exact) mass is 221 g/mol. The minimum Gasteiger partial charge on any atom is -0.399 e. The molecule has 0 bridgehead atoms. The maximum absolute atomic E-state index is 11.4. The van der Waals surface area contributed by atoms with E-state index in [0.29, 0.717) is 30.6 Å². The number of carbonyl (C=O) groups is 1. The third-order valence-electron chi connectivity index (χ3n) is 2.38. The number of hydrogen-bond acceptors (Lipinski definition) is 4. The van der Waals surface area contributed by atoms with Crippen LogP contribution in [0, 0.1) is 0 Å². The number of ketones is 1. The SMILES string of the molecule is CNCCC(=O)CCc1cc(N)cc(N)c1. The topological polar surface area (TPSA) is 81.1 Å². The largest absolute Gasteiger partial charge is 0.399 e. The quantitative estimate of drug-likeness (QED) is 0.625. The van der Waals surface area contributed by atoms with Gasteiger partial charge in [-0.15, -0.1) is 0 Å². The molecule has 0 atom stereocenters. The molecule has 16 heavy (non-hydrogen) atoms. The van der Waals surface area contributed by atoms with Gasteiger partial charge in [0.05, 0.1) is 0 Å². The van der Waals surface area contributed by atoms with Crippen LogP contribution in [0.1, 0.15) is 18.4 Å². The standard InChI is InChI=1S/C12H19N3O/c1-15-5-4-12(16)3-2-9-6-10(13)8-11(14)7-9/h6-8,15H,2-5,13-14H2,1H3. The summed E-state index contributed by atoms with van der Waals surface area (Å²) in [4.78, 5) is 11.4. The number of nitrogens with two attached hydrogens (primary N) is 2. The molecule has 4 nitrogen and oxygen atoms in total. The van der Waals surface area contributed by atoms with Gasteiger partial charge in [-0.1, -0.05) is 0 Å². The van der Waals surface area contributed by atoms with Crippen LogP contribution in [0.15, 0.2) is 18.2 Å². The Bertz CT molecular complexity index is 343. The van der Waals surface area contributed by atoms with E-state index in [9.17, 15) is 4.79 Å². The molecule has 0 aliphatic carbocycles. The molecule has 0 fully saturated rings. The minimum atomic E-state index is 0.260. The zero-order valence-corrected chi connectivity index (χ0v) is 9.62. The van der Waals surface area contributed by atoms with E-state index in [0.717, 1.165) is 12.1 Å². The lowest BCUT2D eigenvalue weighted by Crippen LogP contribution is -2.13. The molecule has 0 saturated heterocycles. The summed E-state index contributed by atoms with van der Waals surface area (Å²) in [5, 5.41) is 2.95. The fraction of sp³-hybridized carbons (Fsp3) is 0.417. The molecule has 0 aliphatic rings. The van der Waals surface area contributed by atoms with Crippen molar-refractivity contribution in [2.75, 3.05) is 25.1 Å². The van der Waals surface area contributed by atoms with E-state index in [-0.39, 0.29) is 5.78 Å². The summed E-state index contributed by atoms with van der Waals surface area (Å²) in [5.74, 6) is 0.260. The molecule has 1 aromatic rings. The molecule has 0 saturated carbocycles. The Morgan fingerprint density at radius 2 is 1.81 bits per heavy atom. The van der Waals surface area contributed by atoms with Gasteiger partial charge in [-0.25, -0.2) is 0 Å². The summed E-state index contributed by atoms with van der Waals surface area (Å²) in [5.41, 5.74) is 13.7. The van der Waals surface area contributed by atoms with Crippen molar-refractivity contribution >= 4 is 17.2 Å². The molecule has 1 rings (SSSR count). The molecular weight excluding hydrogens is 202 g/mol. The van der Waals surface area contributed by atoms with Gasteiger partial charge in [0.2, 0.25) is 0 Å². The van der Waals surface area contributed by atoms with Crippen molar-refractivity contribution in [2.24, 2.45) is 0 Å². The fourth-order valence-corrected chi connectivity index (χ4v) is 1.56. The first-order valence-corrected chi connectivity index (χ1v) is 5.43. The van der Waals surface area contributed by atoms with Crippen LogP contribution in [0.3, 0.4) is 0 Å². The van der Waals surface area contributed by atoms with Crippen molar-refractivity contribution in [1.29, 1.82) is 0 Å². The first kappa shape index (κ1) is 12.5. The number of carbonyl (C=O) groups excluding carboxylic acids is 1. The highest BCUT2D eigenvalue weighted by Gasteiger charge is 2.03. The van der Waals surface area contributed by atoms with Crippen LogP contribution in [0.4, 0.5) is 11.4 Å². The highest BCUT2D eigenvalue weighted by molar-refractivity contribution is 5.78. The summed E-state index contributed by atoms with van der Waals surface area (Å²) in [6, 6.07) is 5.44. The van der Waals surface area contributed by atoms with Gasteiger partial charge in [0, 0.05) is 30.8 Å². The van der Waals surface area contributed by atoms with Gasteiger partial charge in [-0.2, -0.15) is 0 Å². The molecule has 5 N–H and O–H groups in total. The number of nitrogen functional groups attached to an aromatic ring is 2. The summed E-state index contributed by atoms with van der Waals surface area (Å²) in [6.07, 6.45) is 1.83. The normalized spacial score (nSPS) is 10.3. The predicted molar refractivity (Wildman–Crippen MR) is 67.1 cm³/mol. The van der Waals surface area contributed by atoms with Crippen LogP contribution >= 0.6 is 0 Å². The number of aryl methyl sites for hydroxylation is 1. The Morgan fingerprint density at radius 1 is 1.19 bits per heavy atom. The molecule has 0 radical (unpaired) electrons. The number of hydrogen-bond donors (Lipinski definition) is 3. The second-order valence-corrected chi connectivity index (χ2v) is 3.90. The van der Waals surface area contributed by atoms with Gasteiger partial charge in [0.15, 0.2) is 0 Å². The van der Waals surface area contributed by atoms with Gasteiger partial charge in [0.25, 0.3) is 0 Å². The Morgan fingerprint density at radius 3 is 2.38 bits per heavy atom. The first-order valence-electron chi connectivity index (χ1n) is 5.43. The number of benzene rings is 1. The van der Waals surface area contributed by atoms with Crippen LogP contribution in [0.5, 0.6) is 0 Å². The number of Topliss-reactive ketones (excluding diaryl/α,β-unsaturated/α-hetero) is 1. The van der Waals surface area contributed by atoms with Crippen molar-refractivity contribution in [2.45, 2.75) is 19.3 Å². The van der Waals surface area contributed by atoms with E-state index in [1.165, 1.54) is 0 Å². The van der Waals surface area contributed by atoms with Gasteiger partial charge < -0.3 is 16.8 Å². The summed E-state index contributed by atoms with van der Waals surface area (Å²) in [7, 11) is 1.84. The van der Waals surface area contributed by atoms with E-state index >= 15 is 0 Å². The van der Waals surface area contributed by atoms with Crippen LogP contribution in [-0.4, -0.2) is 19.4 Å². The Balaban J connectivity index is 2.45. The molecular formula is C12H19N3O. The van der Waals surface area contributed by atoms with E-state index in [1.807, 2.05) is 19.2 Å². The second-order valence-electron chi connectivity index (χ2n) is 3.90. The summed E-state index contributed by atoms with van der Waals surface area (Å²) >= 11 is 0. The Hall–Kier alpha value is -1.55. The third-order valence-corrected chi connectivity index (χ3v) is 2.38. The van der Waals surface area contributed by atoms with Crippen LogP contribution in [-0.2, 0) is 11.2 Å². The third kappa shape index (κ3) is 4.31. The van der Waals surface area contributed by atoms with E-state index in [4.69, 9.17) is 11.5 Å². The maximum Gasteiger partial charge on any atom is 0.134 e. The van der Waals surface area contributed by atoms with Gasteiger partial charge >= 0.3 is 0 Å². The smallest absolute Gasteiger partial charge is 0.134 e. The Kier molecular flexibility index (Phi) is 4.79. The highest BCUT2D eigenvalue weighted by atomic mass is 16.1. The van der Waals surface area contributed by atoms with Crippen molar-refractivity contribution in [3.63, 3.8) is 0 Å². The predicted octanol–water partition coefficient (Wildman–Crippen LogP) is 0.962. The van der Waals surface area contributed by atoms with Crippen molar-refractivity contribution in [3.8, 4) is 0 Å². The molecule has 1 aromatic carbocycles. The highest BCUT2D eigenvalue weighted by Crippen LogP contribution is 2.15. The molecule has 0 aromatic heterocycles. The average Bonchev–Trinajstić information content (AvgIpc) is 2.22. The lowest BCUT2D eigenvalue weighted by Gasteiger charge is -2.04. The lowest BCUT2D eigenvalue weighted by molar-refractivity contribution is -0.118. The fourth-order valence-electron chi connectivity index (χ4n) is 1.56. The zero-order chi connectivity index (χ0) is 12.0. The molecule has 0 heterocycles. The first-order chi connectivity index (χ1) is 7.61. The summed E-state index contributed by atoms with van der Waals surface area (Å²) < 4.78 is 0. The van der Waals surface area contributed by atoms with Crippen LogP contribution in [0.25, 0.3) is 0 Å². The molecule has 0 aliphatic heterocycles. The van der Waals surface area contributed by atoms with Crippen molar-refractivity contribution < 1.29 is 4.79 Å². The van der Waals surface area contributed by atoms with Crippen molar-refractivity contribution in [3.05, 3.63) is 23.8 Å². The summed E-state index contributed by atoms with van der Waals surface area (Å²) in [6.45, 7) is 0.734. The lowest BCUT2D eigenvalue weighted by atomic mass is 10.0. The average molecular weight is 221 g/mol. The molecule has 0 unspecified atom stereocenters. The van der Waals surface area contributed by atoms with Gasteiger partial charge in [-0.3, -0.25) is 4.79 Å². The number of rotatable bonds is 6. The van der Waals surface area contributed by atoms with E-state index < -0.39 is 0 Å². The molecule has 0 spiro atoms.